The zero-order chi connectivity index (χ0) is 14.4. The van der Waals surface area contributed by atoms with Crippen molar-refractivity contribution in [3.05, 3.63) is 6.07 Å². The fourth-order valence-corrected chi connectivity index (χ4v) is 2.06. The van der Waals surface area contributed by atoms with Gasteiger partial charge in [-0.1, -0.05) is 0 Å². The van der Waals surface area contributed by atoms with Gasteiger partial charge in [0.2, 0.25) is 11.8 Å². The van der Waals surface area contributed by atoms with Crippen LogP contribution in [0.25, 0.3) is 0 Å². The van der Waals surface area contributed by atoms with E-state index >= 15 is 0 Å². The van der Waals surface area contributed by atoms with E-state index in [2.05, 4.69) is 47.9 Å². The summed E-state index contributed by atoms with van der Waals surface area (Å²) in [4.78, 5) is 10.5. The van der Waals surface area contributed by atoms with Crippen LogP contribution in [0.15, 0.2) is 6.07 Å². The van der Waals surface area contributed by atoms with Crippen molar-refractivity contribution in [1.82, 2.24) is 14.9 Å². The molecule has 0 fully saturated rings. The number of nitrogens with one attached hydrogen (secondary N) is 1. The van der Waals surface area contributed by atoms with E-state index in [1.54, 1.807) is 13.2 Å². The molecule has 0 saturated heterocycles. The van der Waals surface area contributed by atoms with Crippen LogP contribution in [-0.2, 0) is 0 Å². The molecule has 6 heteroatoms. The lowest BCUT2D eigenvalue weighted by Crippen LogP contribution is -2.40. The van der Waals surface area contributed by atoms with Crippen molar-refractivity contribution in [2.75, 3.05) is 31.2 Å². The van der Waals surface area contributed by atoms with Crippen LogP contribution in [0.2, 0.25) is 0 Å². The lowest BCUT2D eigenvalue weighted by molar-refractivity contribution is 0.182. The van der Waals surface area contributed by atoms with Crippen molar-refractivity contribution in [3.8, 4) is 5.88 Å². The molecule has 1 rings (SSSR count). The van der Waals surface area contributed by atoms with Crippen LogP contribution in [0.3, 0.4) is 0 Å². The number of nitrogens with zero attached hydrogens (tertiary/aromatic N) is 3. The first-order valence-electron chi connectivity index (χ1n) is 6.62. The molecule has 3 N–H and O–H groups in total. The van der Waals surface area contributed by atoms with Crippen LogP contribution < -0.4 is 15.8 Å². The van der Waals surface area contributed by atoms with Crippen molar-refractivity contribution < 1.29 is 4.74 Å². The van der Waals surface area contributed by atoms with E-state index in [9.17, 15) is 0 Å². The second-order valence-corrected chi connectivity index (χ2v) is 5.01. The quantitative estimate of drug-likeness (QED) is 0.781. The molecule has 6 nitrogen and oxygen atoms in total. The second-order valence-electron chi connectivity index (χ2n) is 5.01. The van der Waals surface area contributed by atoms with Gasteiger partial charge in [-0.3, -0.25) is 4.90 Å². The number of rotatable bonds is 7. The summed E-state index contributed by atoms with van der Waals surface area (Å²) in [6, 6.07) is 2.78. The molecule has 0 amide bonds. The SMILES string of the molecule is COc1cc(NCCN(C(C)C)C(C)C)nc(N)n1. The van der Waals surface area contributed by atoms with E-state index < -0.39 is 0 Å². The fourth-order valence-electron chi connectivity index (χ4n) is 2.06. The highest BCUT2D eigenvalue weighted by Gasteiger charge is 2.12. The maximum absolute atomic E-state index is 5.61. The van der Waals surface area contributed by atoms with Gasteiger partial charge >= 0.3 is 0 Å². The Labute approximate surface area is 115 Å². The predicted molar refractivity (Wildman–Crippen MR) is 78.5 cm³/mol. The lowest BCUT2D eigenvalue weighted by Gasteiger charge is -2.30. The summed E-state index contributed by atoms with van der Waals surface area (Å²) in [5, 5.41) is 3.25. The van der Waals surface area contributed by atoms with Gasteiger partial charge in [-0.2, -0.15) is 9.97 Å². The summed E-state index contributed by atoms with van der Waals surface area (Å²) in [6.07, 6.45) is 0. The van der Waals surface area contributed by atoms with E-state index in [4.69, 9.17) is 10.5 Å². The topological polar surface area (TPSA) is 76.3 Å². The van der Waals surface area contributed by atoms with Crippen LogP contribution in [0.5, 0.6) is 5.88 Å². The van der Waals surface area contributed by atoms with E-state index in [1.807, 2.05) is 0 Å². The third kappa shape index (κ3) is 4.90. The number of ether oxygens (including phenoxy) is 1. The molecule has 0 atom stereocenters. The van der Waals surface area contributed by atoms with Gasteiger partial charge in [0.15, 0.2) is 0 Å². The molecular formula is C13H25N5O. The van der Waals surface area contributed by atoms with Gasteiger partial charge in [-0.05, 0) is 27.7 Å². The van der Waals surface area contributed by atoms with Crippen molar-refractivity contribution in [2.24, 2.45) is 0 Å². The van der Waals surface area contributed by atoms with Gasteiger partial charge < -0.3 is 15.8 Å². The Kier molecular flexibility index (Phi) is 5.82. The summed E-state index contributed by atoms with van der Waals surface area (Å²) in [5.74, 6) is 1.38. The minimum absolute atomic E-state index is 0.214. The number of aromatic nitrogens is 2. The third-order valence-electron chi connectivity index (χ3n) is 2.93. The lowest BCUT2D eigenvalue weighted by atomic mass is 10.2. The predicted octanol–water partition coefficient (Wildman–Crippen LogP) is 1.60. The highest BCUT2D eigenvalue weighted by Crippen LogP contribution is 2.14. The molecule has 0 bridgehead atoms. The van der Waals surface area contributed by atoms with E-state index in [0.29, 0.717) is 23.8 Å². The molecule has 0 aromatic carbocycles. The number of hydrogen-bond donors (Lipinski definition) is 2. The maximum atomic E-state index is 5.61. The van der Waals surface area contributed by atoms with Gasteiger partial charge in [0, 0.05) is 31.2 Å². The zero-order valence-electron chi connectivity index (χ0n) is 12.5. The minimum atomic E-state index is 0.214. The van der Waals surface area contributed by atoms with Gasteiger partial charge in [0.1, 0.15) is 5.82 Å². The molecule has 0 unspecified atom stereocenters. The first-order valence-corrected chi connectivity index (χ1v) is 6.62. The van der Waals surface area contributed by atoms with Gasteiger partial charge in [-0.25, -0.2) is 0 Å². The summed E-state index contributed by atoms with van der Waals surface area (Å²) in [5.41, 5.74) is 5.61. The molecule has 0 radical (unpaired) electrons. The molecule has 0 aliphatic heterocycles. The largest absolute Gasteiger partial charge is 0.481 e. The average molecular weight is 267 g/mol. The Hall–Kier alpha value is -1.56. The molecule has 0 aliphatic rings. The Morgan fingerprint density at radius 3 is 2.42 bits per heavy atom. The summed E-state index contributed by atoms with van der Waals surface area (Å²) < 4.78 is 5.06. The van der Waals surface area contributed by atoms with Gasteiger partial charge in [0.25, 0.3) is 0 Å². The van der Waals surface area contributed by atoms with E-state index in [-0.39, 0.29) is 5.95 Å². The number of nitrogens with two attached hydrogens (primary N) is 1. The van der Waals surface area contributed by atoms with Crippen molar-refractivity contribution in [1.29, 1.82) is 0 Å². The number of hydrogen-bond acceptors (Lipinski definition) is 6. The maximum Gasteiger partial charge on any atom is 0.225 e. The highest BCUT2D eigenvalue weighted by molar-refractivity contribution is 5.42. The monoisotopic (exact) mass is 267 g/mol. The molecule has 0 saturated carbocycles. The number of anilines is 2. The molecule has 0 aliphatic carbocycles. The summed E-state index contributed by atoms with van der Waals surface area (Å²) in [7, 11) is 1.56. The zero-order valence-corrected chi connectivity index (χ0v) is 12.5. The Balaban J connectivity index is 2.55. The van der Waals surface area contributed by atoms with Crippen LogP contribution in [0.4, 0.5) is 11.8 Å². The number of methoxy groups -OCH3 is 1. The smallest absolute Gasteiger partial charge is 0.225 e. The molecule has 19 heavy (non-hydrogen) atoms. The van der Waals surface area contributed by atoms with E-state index in [1.165, 1.54) is 0 Å². The van der Waals surface area contributed by atoms with Crippen molar-refractivity contribution in [3.63, 3.8) is 0 Å². The van der Waals surface area contributed by atoms with E-state index in [0.717, 1.165) is 13.1 Å². The van der Waals surface area contributed by atoms with Crippen molar-refractivity contribution >= 4 is 11.8 Å². The Morgan fingerprint density at radius 1 is 1.26 bits per heavy atom. The molecule has 1 heterocycles. The van der Waals surface area contributed by atoms with Gasteiger partial charge in [0.05, 0.1) is 7.11 Å². The summed E-state index contributed by atoms with van der Waals surface area (Å²) >= 11 is 0. The molecule has 0 spiro atoms. The van der Waals surface area contributed by atoms with Gasteiger partial charge in [-0.15, -0.1) is 0 Å². The number of nitrogen functional groups attached to an aromatic ring is 1. The highest BCUT2D eigenvalue weighted by atomic mass is 16.5. The van der Waals surface area contributed by atoms with Crippen molar-refractivity contribution in [2.45, 2.75) is 39.8 Å². The normalized spacial score (nSPS) is 11.4. The summed E-state index contributed by atoms with van der Waals surface area (Å²) in [6.45, 7) is 10.5. The van der Waals surface area contributed by atoms with Crippen LogP contribution in [0.1, 0.15) is 27.7 Å². The Morgan fingerprint density at radius 2 is 1.89 bits per heavy atom. The average Bonchev–Trinajstić information content (AvgIpc) is 2.32. The van der Waals surface area contributed by atoms with Crippen LogP contribution in [-0.4, -0.2) is 47.2 Å². The molecular weight excluding hydrogens is 242 g/mol. The standard InChI is InChI=1S/C13H25N5O/c1-9(2)18(10(3)4)7-6-15-11-8-12(19-5)17-13(14)16-11/h8-10H,6-7H2,1-5H3,(H3,14,15,16,17). The third-order valence-corrected chi connectivity index (χ3v) is 2.93. The van der Waals surface area contributed by atoms with Crippen LogP contribution >= 0.6 is 0 Å². The molecule has 108 valence electrons. The second kappa shape index (κ2) is 7.13. The minimum Gasteiger partial charge on any atom is -0.481 e. The molecule has 1 aromatic heterocycles. The first kappa shape index (κ1) is 15.5. The fraction of sp³-hybridized carbons (Fsp3) is 0.692. The Bertz CT molecular complexity index is 387. The first-order chi connectivity index (χ1) is 8.93. The van der Waals surface area contributed by atoms with Crippen LogP contribution in [0, 0.1) is 0 Å². The molecule has 1 aromatic rings.